The Balaban J connectivity index is 1.52. The third-order valence-electron chi connectivity index (χ3n) is 5.45. The summed E-state index contributed by atoms with van der Waals surface area (Å²) >= 11 is 0. The molecule has 3 fully saturated rings. The van der Waals surface area contributed by atoms with Crippen molar-refractivity contribution >= 4 is 0 Å². The molecule has 2 saturated carbocycles. The Morgan fingerprint density at radius 3 is 2.80 bits per heavy atom. The van der Waals surface area contributed by atoms with E-state index in [0.29, 0.717) is 5.54 Å². The van der Waals surface area contributed by atoms with Crippen LogP contribution in [0.3, 0.4) is 0 Å². The molecule has 4 rings (SSSR count). The number of pyridine rings is 1. The van der Waals surface area contributed by atoms with Gasteiger partial charge in [0.15, 0.2) is 0 Å². The lowest BCUT2D eigenvalue weighted by molar-refractivity contribution is 0.0568. The van der Waals surface area contributed by atoms with Crippen LogP contribution >= 0.6 is 0 Å². The van der Waals surface area contributed by atoms with Crippen molar-refractivity contribution in [1.82, 2.24) is 15.2 Å². The van der Waals surface area contributed by atoms with Gasteiger partial charge in [-0.2, -0.15) is 0 Å². The Morgan fingerprint density at radius 2 is 2.15 bits per heavy atom. The van der Waals surface area contributed by atoms with Crippen LogP contribution in [0, 0.1) is 11.8 Å². The predicted octanol–water partition coefficient (Wildman–Crippen LogP) is 2.43. The highest BCUT2D eigenvalue weighted by Crippen LogP contribution is 2.44. The zero-order valence-electron chi connectivity index (χ0n) is 12.4. The van der Waals surface area contributed by atoms with Gasteiger partial charge in [-0.25, -0.2) is 0 Å². The van der Waals surface area contributed by atoms with Gasteiger partial charge in [0.2, 0.25) is 0 Å². The Kier molecular flexibility index (Phi) is 3.08. The van der Waals surface area contributed by atoms with Crippen LogP contribution in [0.5, 0.6) is 0 Å². The monoisotopic (exact) mass is 271 g/mol. The summed E-state index contributed by atoms with van der Waals surface area (Å²) in [6.07, 6.45) is 7.59. The molecule has 20 heavy (non-hydrogen) atoms. The molecule has 1 aromatic rings. The maximum atomic E-state index is 4.53. The van der Waals surface area contributed by atoms with Crippen LogP contribution in [-0.4, -0.2) is 34.6 Å². The second-order valence-corrected chi connectivity index (χ2v) is 7.20. The number of aromatic nitrogens is 1. The van der Waals surface area contributed by atoms with E-state index in [0.717, 1.165) is 24.4 Å². The summed E-state index contributed by atoms with van der Waals surface area (Å²) in [4.78, 5) is 7.25. The Morgan fingerprint density at radius 1 is 1.30 bits per heavy atom. The van der Waals surface area contributed by atoms with Gasteiger partial charge >= 0.3 is 0 Å². The number of piperazine rings is 1. The van der Waals surface area contributed by atoms with Crippen molar-refractivity contribution in [3.05, 3.63) is 30.1 Å². The largest absolute Gasteiger partial charge is 0.308 e. The third kappa shape index (κ3) is 2.49. The van der Waals surface area contributed by atoms with Gasteiger partial charge in [0.05, 0.1) is 5.69 Å². The van der Waals surface area contributed by atoms with Gasteiger partial charge in [-0.15, -0.1) is 0 Å². The van der Waals surface area contributed by atoms with Crippen molar-refractivity contribution in [1.29, 1.82) is 0 Å². The quantitative estimate of drug-likeness (QED) is 0.911. The molecule has 2 heterocycles. The van der Waals surface area contributed by atoms with Crippen molar-refractivity contribution in [3.63, 3.8) is 0 Å². The molecule has 0 amide bonds. The number of rotatable bonds is 4. The highest BCUT2D eigenvalue weighted by atomic mass is 15.3. The second kappa shape index (κ2) is 4.81. The van der Waals surface area contributed by atoms with Crippen LogP contribution < -0.4 is 5.32 Å². The molecule has 1 aromatic heterocycles. The molecule has 0 spiro atoms. The molecule has 0 bridgehead atoms. The molecule has 3 heteroatoms. The van der Waals surface area contributed by atoms with Crippen molar-refractivity contribution in [2.45, 2.75) is 50.7 Å². The van der Waals surface area contributed by atoms with E-state index in [9.17, 15) is 0 Å². The van der Waals surface area contributed by atoms with Gasteiger partial charge in [0.1, 0.15) is 0 Å². The van der Waals surface area contributed by atoms with E-state index in [2.05, 4.69) is 34.3 Å². The number of nitrogens with zero attached hydrogens (tertiary/aromatic N) is 2. The normalized spacial score (nSPS) is 35.1. The van der Waals surface area contributed by atoms with Crippen LogP contribution in [0.2, 0.25) is 0 Å². The van der Waals surface area contributed by atoms with E-state index in [4.69, 9.17) is 0 Å². The zero-order chi connectivity index (χ0) is 13.6. The smallest absolute Gasteiger partial charge is 0.0544 e. The summed E-state index contributed by atoms with van der Waals surface area (Å²) in [5, 5.41) is 3.88. The van der Waals surface area contributed by atoms with Gasteiger partial charge in [-0.3, -0.25) is 9.88 Å². The molecule has 108 valence electrons. The van der Waals surface area contributed by atoms with E-state index in [1.165, 1.54) is 44.5 Å². The van der Waals surface area contributed by atoms with Crippen LogP contribution in [-0.2, 0) is 6.54 Å². The first-order valence-corrected chi connectivity index (χ1v) is 8.14. The van der Waals surface area contributed by atoms with Crippen LogP contribution in [0.25, 0.3) is 0 Å². The summed E-state index contributed by atoms with van der Waals surface area (Å²) in [5.74, 6) is 1.82. The van der Waals surface area contributed by atoms with Gasteiger partial charge in [-0.05, 0) is 56.6 Å². The Hall–Kier alpha value is -0.930. The molecule has 1 N–H and O–H groups in total. The molecule has 3 nitrogen and oxygen atoms in total. The summed E-state index contributed by atoms with van der Waals surface area (Å²) in [5.41, 5.74) is 1.55. The lowest BCUT2D eigenvalue weighted by Crippen LogP contribution is -2.64. The number of hydrogen-bond donors (Lipinski definition) is 1. The van der Waals surface area contributed by atoms with Gasteiger partial charge < -0.3 is 5.32 Å². The van der Waals surface area contributed by atoms with Gasteiger partial charge in [0.25, 0.3) is 0 Å². The minimum atomic E-state index is 0.334. The van der Waals surface area contributed by atoms with Gasteiger partial charge in [0, 0.05) is 37.4 Å². The standard InChI is InChI=1S/C17H25N3/c1-17(14-7-8-14)12-20(11-15-4-2-3-9-18-15)16(10-19-17)13-5-6-13/h2-4,9,13-14,16,19H,5-8,10-12H2,1H3. The lowest BCUT2D eigenvalue weighted by atomic mass is 9.89. The van der Waals surface area contributed by atoms with Gasteiger partial charge in [-0.1, -0.05) is 6.07 Å². The highest BCUT2D eigenvalue weighted by Gasteiger charge is 2.48. The lowest BCUT2D eigenvalue weighted by Gasteiger charge is -2.47. The fourth-order valence-corrected chi connectivity index (χ4v) is 3.87. The van der Waals surface area contributed by atoms with E-state index in [-0.39, 0.29) is 0 Å². The van der Waals surface area contributed by atoms with Crippen molar-refractivity contribution < 1.29 is 0 Å². The minimum Gasteiger partial charge on any atom is -0.308 e. The maximum Gasteiger partial charge on any atom is 0.0544 e. The van der Waals surface area contributed by atoms with Crippen LogP contribution in [0.15, 0.2) is 24.4 Å². The SMILES string of the molecule is CC1(C2CC2)CN(Cc2ccccn2)C(C2CC2)CN1. The molecule has 2 unspecified atom stereocenters. The van der Waals surface area contributed by atoms with Crippen molar-refractivity contribution in [3.8, 4) is 0 Å². The summed E-state index contributed by atoms with van der Waals surface area (Å²) < 4.78 is 0. The molecule has 0 radical (unpaired) electrons. The summed E-state index contributed by atoms with van der Waals surface area (Å²) in [6.45, 7) is 5.81. The summed E-state index contributed by atoms with van der Waals surface area (Å²) in [7, 11) is 0. The zero-order valence-corrected chi connectivity index (χ0v) is 12.4. The molecule has 1 saturated heterocycles. The maximum absolute atomic E-state index is 4.53. The molecule has 3 aliphatic rings. The van der Waals surface area contributed by atoms with E-state index in [1.807, 2.05) is 12.3 Å². The molecular weight excluding hydrogens is 246 g/mol. The molecule has 0 aromatic carbocycles. The molecular formula is C17H25N3. The van der Waals surface area contributed by atoms with Crippen molar-refractivity contribution in [2.75, 3.05) is 13.1 Å². The van der Waals surface area contributed by atoms with Crippen molar-refractivity contribution in [2.24, 2.45) is 11.8 Å². The van der Waals surface area contributed by atoms with Crippen LogP contribution in [0.1, 0.15) is 38.3 Å². The Labute approximate surface area is 121 Å². The van der Waals surface area contributed by atoms with E-state index >= 15 is 0 Å². The second-order valence-electron chi connectivity index (χ2n) is 7.20. The minimum absolute atomic E-state index is 0.334. The Bertz CT molecular complexity index is 466. The first-order chi connectivity index (χ1) is 9.74. The van der Waals surface area contributed by atoms with Crippen LogP contribution in [0.4, 0.5) is 0 Å². The number of hydrogen-bond acceptors (Lipinski definition) is 3. The van der Waals surface area contributed by atoms with E-state index < -0.39 is 0 Å². The fourth-order valence-electron chi connectivity index (χ4n) is 3.87. The predicted molar refractivity (Wildman–Crippen MR) is 80.3 cm³/mol. The fraction of sp³-hybridized carbons (Fsp3) is 0.706. The molecule has 2 atom stereocenters. The topological polar surface area (TPSA) is 28.2 Å². The third-order valence-corrected chi connectivity index (χ3v) is 5.45. The first kappa shape index (κ1) is 12.8. The average Bonchev–Trinajstić information content (AvgIpc) is 3.31. The molecule has 1 aliphatic heterocycles. The van der Waals surface area contributed by atoms with E-state index in [1.54, 1.807) is 0 Å². The molecule has 2 aliphatic carbocycles. The number of nitrogens with one attached hydrogen (secondary N) is 1. The summed E-state index contributed by atoms with van der Waals surface area (Å²) in [6, 6.07) is 7.01. The average molecular weight is 271 g/mol. The first-order valence-electron chi connectivity index (χ1n) is 8.14. The highest BCUT2D eigenvalue weighted by molar-refractivity contribution is 5.09.